The molecule has 0 amide bonds. The summed E-state index contributed by atoms with van der Waals surface area (Å²) in [5.74, 6) is 0. The number of hydrogen-bond acceptors (Lipinski definition) is 7. The summed E-state index contributed by atoms with van der Waals surface area (Å²) in [5.41, 5.74) is 0. The molecule has 0 bridgehead atoms. The average molecular weight is 186 g/mol. The maximum atomic E-state index is 10.7. The van der Waals surface area contributed by atoms with E-state index in [2.05, 4.69) is 24.4 Å². The van der Waals surface area contributed by atoms with Crippen molar-refractivity contribution in [3.05, 3.63) is 0 Å². The first-order valence-corrected chi connectivity index (χ1v) is 3.91. The van der Waals surface area contributed by atoms with Crippen molar-refractivity contribution in [1.82, 2.24) is 0 Å². The SMILES string of the molecule is O=COOP(=O)(O)C1OOO1. The molecule has 1 atom stereocenters. The lowest BCUT2D eigenvalue weighted by Crippen LogP contribution is -2.28. The topological polar surface area (TPSA) is 101 Å². The van der Waals surface area contributed by atoms with Crippen LogP contribution in [-0.2, 0) is 33.7 Å². The monoisotopic (exact) mass is 186 g/mol. The van der Waals surface area contributed by atoms with E-state index in [0.717, 1.165) is 0 Å². The summed E-state index contributed by atoms with van der Waals surface area (Å²) in [4.78, 5) is 29.6. The van der Waals surface area contributed by atoms with Crippen molar-refractivity contribution >= 4 is 14.1 Å². The van der Waals surface area contributed by atoms with E-state index in [1.165, 1.54) is 0 Å². The molecule has 1 aliphatic rings. The minimum atomic E-state index is -4.24. The molecule has 0 aromatic carbocycles. The fraction of sp³-hybridized carbons (Fsp3) is 0.500. The van der Waals surface area contributed by atoms with Crippen molar-refractivity contribution in [2.45, 2.75) is 6.03 Å². The van der Waals surface area contributed by atoms with Crippen LogP contribution >= 0.6 is 7.60 Å². The first-order valence-electron chi connectivity index (χ1n) is 2.27. The molecule has 11 heavy (non-hydrogen) atoms. The van der Waals surface area contributed by atoms with Gasteiger partial charge in [0.1, 0.15) is 0 Å². The summed E-state index contributed by atoms with van der Waals surface area (Å²) in [6.07, 6.45) is 0. The highest BCUT2D eigenvalue weighted by atomic mass is 31.2. The molecule has 1 fully saturated rings. The fourth-order valence-electron chi connectivity index (χ4n) is 0.298. The van der Waals surface area contributed by atoms with E-state index in [1.807, 2.05) is 0 Å². The normalized spacial score (nSPS) is 23.4. The standard InChI is InChI=1S/C2H3O8P/c3-1-6-10-11(4,5)2-7-9-8-2/h1-2H,(H,4,5). The molecular formula is C2H3O8P. The highest BCUT2D eigenvalue weighted by molar-refractivity contribution is 7.53. The van der Waals surface area contributed by atoms with Gasteiger partial charge in [-0.05, 0) is 0 Å². The Hall–Kier alpha value is -0.500. The number of carbonyl (C=O) groups excluding carboxylic acids is 1. The summed E-state index contributed by atoms with van der Waals surface area (Å²) in [5, 5.41) is 3.65. The molecule has 1 unspecified atom stereocenters. The van der Waals surface area contributed by atoms with Gasteiger partial charge in [0.05, 0.1) is 0 Å². The van der Waals surface area contributed by atoms with Crippen molar-refractivity contribution in [1.29, 1.82) is 0 Å². The molecule has 9 heteroatoms. The van der Waals surface area contributed by atoms with Gasteiger partial charge in [-0.1, -0.05) is 9.71 Å². The minimum Gasteiger partial charge on any atom is -0.319 e. The van der Waals surface area contributed by atoms with Crippen LogP contribution in [0.25, 0.3) is 0 Å². The molecule has 0 radical (unpaired) electrons. The zero-order valence-electron chi connectivity index (χ0n) is 4.91. The van der Waals surface area contributed by atoms with E-state index in [0.29, 0.717) is 0 Å². The average Bonchev–Trinajstić information content (AvgIpc) is 1.78. The number of rotatable bonds is 4. The molecule has 0 aromatic heterocycles. The molecule has 1 saturated heterocycles. The maximum Gasteiger partial charge on any atom is 0.426 e. The second-order valence-corrected chi connectivity index (χ2v) is 3.10. The van der Waals surface area contributed by atoms with Gasteiger partial charge in [0.2, 0.25) is 0 Å². The second kappa shape index (κ2) is 3.26. The van der Waals surface area contributed by atoms with Crippen LogP contribution in [0.2, 0.25) is 0 Å². The van der Waals surface area contributed by atoms with E-state index < -0.39 is 13.6 Å². The zero-order chi connectivity index (χ0) is 8.32. The van der Waals surface area contributed by atoms with Crippen LogP contribution in [0.1, 0.15) is 0 Å². The highest BCUT2D eigenvalue weighted by Gasteiger charge is 2.45. The smallest absolute Gasteiger partial charge is 0.319 e. The number of carbonyl (C=O) groups is 1. The van der Waals surface area contributed by atoms with E-state index >= 15 is 0 Å². The van der Waals surface area contributed by atoms with Gasteiger partial charge in [0, 0.05) is 0 Å². The summed E-state index contributed by atoms with van der Waals surface area (Å²) in [6, 6.07) is -1.57. The fourth-order valence-corrected chi connectivity index (χ4v) is 0.814. The molecule has 0 saturated carbocycles. The van der Waals surface area contributed by atoms with Crippen LogP contribution in [0.15, 0.2) is 0 Å². The van der Waals surface area contributed by atoms with Gasteiger partial charge >= 0.3 is 20.1 Å². The third kappa shape index (κ3) is 1.96. The molecule has 8 nitrogen and oxygen atoms in total. The third-order valence-corrected chi connectivity index (χ3v) is 1.70. The van der Waals surface area contributed by atoms with Crippen molar-refractivity contribution in [3.8, 4) is 0 Å². The summed E-state index contributed by atoms with van der Waals surface area (Å²) < 4.78 is 14.4. The Morgan fingerprint density at radius 2 is 2.18 bits per heavy atom. The van der Waals surface area contributed by atoms with E-state index in [9.17, 15) is 9.36 Å². The maximum absolute atomic E-state index is 10.7. The van der Waals surface area contributed by atoms with Gasteiger partial charge in [0.25, 0.3) is 0 Å². The lowest BCUT2D eigenvalue weighted by atomic mass is 11.5. The van der Waals surface area contributed by atoms with Crippen LogP contribution in [0.4, 0.5) is 0 Å². The zero-order valence-corrected chi connectivity index (χ0v) is 5.80. The van der Waals surface area contributed by atoms with Crippen molar-refractivity contribution in [2.75, 3.05) is 0 Å². The van der Waals surface area contributed by atoms with E-state index in [4.69, 9.17) is 4.89 Å². The molecular weight excluding hydrogens is 183 g/mol. The lowest BCUT2D eigenvalue weighted by molar-refractivity contribution is -0.672. The highest BCUT2D eigenvalue weighted by Crippen LogP contribution is 2.51. The van der Waals surface area contributed by atoms with Crippen molar-refractivity contribution < 1.29 is 38.6 Å². The van der Waals surface area contributed by atoms with Crippen LogP contribution in [0.3, 0.4) is 0 Å². The van der Waals surface area contributed by atoms with Gasteiger partial charge in [-0.2, -0.15) is 9.78 Å². The Labute approximate surface area is 59.9 Å². The van der Waals surface area contributed by atoms with Crippen LogP contribution in [0.5, 0.6) is 0 Å². The molecule has 1 aliphatic heterocycles. The summed E-state index contributed by atoms with van der Waals surface area (Å²) in [7, 11) is -4.24. The largest absolute Gasteiger partial charge is 0.426 e. The lowest BCUT2D eigenvalue weighted by Gasteiger charge is -2.23. The third-order valence-electron chi connectivity index (χ3n) is 0.699. The molecule has 0 aromatic rings. The Kier molecular flexibility index (Phi) is 2.55. The predicted octanol–water partition coefficient (Wildman–Crippen LogP) is -0.547. The van der Waals surface area contributed by atoms with Crippen LogP contribution in [-0.4, -0.2) is 17.4 Å². The van der Waals surface area contributed by atoms with Crippen molar-refractivity contribution in [2.24, 2.45) is 0 Å². The molecule has 1 N–H and O–H groups in total. The first-order chi connectivity index (χ1) is 5.17. The number of hydrogen-bond donors (Lipinski definition) is 1. The van der Waals surface area contributed by atoms with Crippen LogP contribution < -0.4 is 0 Å². The van der Waals surface area contributed by atoms with Crippen molar-refractivity contribution in [3.63, 3.8) is 0 Å². The minimum absolute atomic E-state index is 0.164. The summed E-state index contributed by atoms with van der Waals surface area (Å²) in [6.45, 7) is -0.164. The Balaban J connectivity index is 2.37. The van der Waals surface area contributed by atoms with Gasteiger partial charge in [-0.3, -0.25) is 14.2 Å². The molecule has 1 heterocycles. The van der Waals surface area contributed by atoms with E-state index in [-0.39, 0.29) is 6.47 Å². The molecule has 64 valence electrons. The van der Waals surface area contributed by atoms with Gasteiger partial charge < -0.3 is 4.89 Å². The van der Waals surface area contributed by atoms with E-state index in [1.54, 1.807) is 0 Å². The molecule has 0 spiro atoms. The predicted molar refractivity (Wildman–Crippen MR) is 25.1 cm³/mol. The van der Waals surface area contributed by atoms with Gasteiger partial charge in [-0.15, -0.1) is 0 Å². The second-order valence-electron chi connectivity index (χ2n) is 1.40. The Morgan fingerprint density at radius 3 is 2.55 bits per heavy atom. The summed E-state index contributed by atoms with van der Waals surface area (Å²) >= 11 is 0. The molecule has 1 rings (SSSR count). The van der Waals surface area contributed by atoms with Crippen LogP contribution in [0, 0.1) is 0 Å². The first kappa shape index (κ1) is 8.60. The quantitative estimate of drug-likeness (QED) is 0.270. The van der Waals surface area contributed by atoms with Gasteiger partial charge in [-0.25, -0.2) is 0 Å². The Morgan fingerprint density at radius 1 is 1.55 bits per heavy atom. The molecule has 0 aliphatic carbocycles. The van der Waals surface area contributed by atoms with Gasteiger partial charge in [0.15, 0.2) is 0 Å². The Bertz CT molecular complexity index is 185.